The number of rotatable bonds is 5. The highest BCUT2D eigenvalue weighted by Gasteiger charge is 2.05. The largest absolute Gasteiger partial charge is 0.476 e. The Labute approximate surface area is 86.2 Å². The average Bonchev–Trinajstić information content (AvgIpc) is 2.66. The maximum Gasteiger partial charge on any atom is 0.356 e. The number of carbonyl (C=O) groups is 2. The topological polar surface area (TPSA) is 84.2 Å². The zero-order valence-corrected chi connectivity index (χ0v) is 8.01. The first-order valence-corrected chi connectivity index (χ1v) is 4.29. The van der Waals surface area contributed by atoms with Gasteiger partial charge in [0.2, 0.25) is 5.91 Å². The summed E-state index contributed by atoms with van der Waals surface area (Å²) in [6, 6.07) is 0. The van der Waals surface area contributed by atoms with Gasteiger partial charge in [-0.25, -0.2) is 9.78 Å². The van der Waals surface area contributed by atoms with Gasteiger partial charge in [-0.05, 0) is 6.08 Å². The molecule has 1 rings (SSSR count). The van der Waals surface area contributed by atoms with Crippen LogP contribution in [0.5, 0.6) is 0 Å². The molecule has 15 heavy (non-hydrogen) atoms. The van der Waals surface area contributed by atoms with E-state index in [9.17, 15) is 9.59 Å². The third-order valence-corrected chi connectivity index (χ3v) is 1.71. The lowest BCUT2D eigenvalue weighted by atomic mass is 10.5. The van der Waals surface area contributed by atoms with E-state index in [0.29, 0.717) is 13.1 Å². The summed E-state index contributed by atoms with van der Waals surface area (Å²) in [6.45, 7) is 4.18. The predicted molar refractivity (Wildman–Crippen MR) is 52.4 cm³/mol. The molecule has 1 heterocycles. The van der Waals surface area contributed by atoms with Crippen molar-refractivity contribution in [3.05, 3.63) is 30.9 Å². The van der Waals surface area contributed by atoms with Crippen molar-refractivity contribution in [3.8, 4) is 0 Å². The molecule has 0 saturated heterocycles. The monoisotopic (exact) mass is 209 g/mol. The Kier molecular flexibility index (Phi) is 3.61. The number of carboxylic acids is 1. The molecule has 0 aromatic carbocycles. The number of aromatic carboxylic acids is 1. The number of nitrogens with zero attached hydrogens (tertiary/aromatic N) is 2. The van der Waals surface area contributed by atoms with Crippen molar-refractivity contribution in [2.45, 2.75) is 6.54 Å². The van der Waals surface area contributed by atoms with E-state index in [4.69, 9.17) is 5.11 Å². The van der Waals surface area contributed by atoms with Gasteiger partial charge in [-0.3, -0.25) is 4.79 Å². The second kappa shape index (κ2) is 4.94. The normalized spacial score (nSPS) is 9.60. The van der Waals surface area contributed by atoms with Gasteiger partial charge in [-0.1, -0.05) is 6.58 Å². The van der Waals surface area contributed by atoms with Crippen LogP contribution in [0.15, 0.2) is 25.2 Å². The predicted octanol–water partition coefficient (Wildman–Crippen LogP) is -0.117. The quantitative estimate of drug-likeness (QED) is 0.662. The molecule has 0 spiro atoms. The van der Waals surface area contributed by atoms with Crippen molar-refractivity contribution >= 4 is 11.9 Å². The number of carboxylic acid groups (broad SMARTS) is 1. The Balaban J connectivity index is 2.41. The lowest BCUT2D eigenvalue weighted by molar-refractivity contribution is -0.116. The van der Waals surface area contributed by atoms with Gasteiger partial charge in [0.05, 0.1) is 6.33 Å². The molecular formula is C9H11N3O3. The van der Waals surface area contributed by atoms with Crippen LogP contribution in [-0.4, -0.2) is 33.1 Å². The molecule has 0 bridgehead atoms. The second-order valence-corrected chi connectivity index (χ2v) is 2.80. The van der Waals surface area contributed by atoms with Crippen LogP contribution >= 0.6 is 0 Å². The first kappa shape index (κ1) is 11.0. The lowest BCUT2D eigenvalue weighted by Gasteiger charge is -2.02. The Bertz CT molecular complexity index is 384. The van der Waals surface area contributed by atoms with Gasteiger partial charge in [0.1, 0.15) is 0 Å². The summed E-state index contributed by atoms with van der Waals surface area (Å²) < 4.78 is 1.59. The molecule has 0 unspecified atom stereocenters. The molecule has 0 saturated carbocycles. The van der Waals surface area contributed by atoms with E-state index in [1.807, 2.05) is 0 Å². The fourth-order valence-electron chi connectivity index (χ4n) is 0.973. The Morgan fingerprint density at radius 1 is 1.67 bits per heavy atom. The van der Waals surface area contributed by atoms with Crippen LogP contribution in [0, 0.1) is 0 Å². The highest BCUT2D eigenvalue weighted by Crippen LogP contribution is 1.95. The molecule has 0 radical (unpaired) electrons. The zero-order valence-electron chi connectivity index (χ0n) is 8.01. The molecule has 6 heteroatoms. The molecule has 6 nitrogen and oxygen atoms in total. The second-order valence-electron chi connectivity index (χ2n) is 2.80. The van der Waals surface area contributed by atoms with Crippen LogP contribution in [0.4, 0.5) is 0 Å². The van der Waals surface area contributed by atoms with Crippen molar-refractivity contribution < 1.29 is 14.7 Å². The smallest absolute Gasteiger partial charge is 0.356 e. The fourth-order valence-corrected chi connectivity index (χ4v) is 0.973. The Morgan fingerprint density at radius 3 is 2.93 bits per heavy atom. The molecule has 0 fully saturated rings. The van der Waals surface area contributed by atoms with Crippen molar-refractivity contribution in [2.75, 3.05) is 6.54 Å². The van der Waals surface area contributed by atoms with Crippen LogP contribution in [0.25, 0.3) is 0 Å². The SMILES string of the molecule is C=CC(=O)NCCn1cnc(C(=O)O)c1. The molecule has 80 valence electrons. The van der Waals surface area contributed by atoms with E-state index in [1.54, 1.807) is 4.57 Å². The summed E-state index contributed by atoms with van der Waals surface area (Å²) in [6.07, 6.45) is 3.99. The molecule has 0 atom stereocenters. The summed E-state index contributed by atoms with van der Waals surface area (Å²) in [5, 5.41) is 11.2. The number of hydrogen-bond acceptors (Lipinski definition) is 3. The molecule has 0 aliphatic carbocycles. The summed E-state index contributed by atoms with van der Waals surface area (Å²) in [7, 11) is 0. The van der Waals surface area contributed by atoms with Crippen LogP contribution in [0.2, 0.25) is 0 Å². The number of hydrogen-bond donors (Lipinski definition) is 2. The van der Waals surface area contributed by atoms with E-state index in [-0.39, 0.29) is 11.6 Å². The average molecular weight is 209 g/mol. The summed E-state index contributed by atoms with van der Waals surface area (Å²) in [5.74, 6) is -1.32. The number of nitrogens with one attached hydrogen (secondary N) is 1. The van der Waals surface area contributed by atoms with Gasteiger partial charge in [0.25, 0.3) is 0 Å². The number of imidazole rings is 1. The molecule has 1 amide bonds. The van der Waals surface area contributed by atoms with E-state index in [1.165, 1.54) is 18.6 Å². The maximum atomic E-state index is 10.8. The van der Waals surface area contributed by atoms with Gasteiger partial charge in [-0.2, -0.15) is 0 Å². The van der Waals surface area contributed by atoms with Gasteiger partial charge in [0.15, 0.2) is 5.69 Å². The van der Waals surface area contributed by atoms with Crippen molar-refractivity contribution in [2.24, 2.45) is 0 Å². The van der Waals surface area contributed by atoms with E-state index >= 15 is 0 Å². The zero-order chi connectivity index (χ0) is 11.3. The number of carbonyl (C=O) groups excluding carboxylic acids is 1. The number of aromatic nitrogens is 2. The number of amides is 1. The summed E-state index contributed by atoms with van der Waals surface area (Å²) >= 11 is 0. The first-order valence-electron chi connectivity index (χ1n) is 4.29. The Morgan fingerprint density at radius 2 is 2.40 bits per heavy atom. The summed E-state index contributed by atoms with van der Waals surface area (Å²) in [5.41, 5.74) is -0.00922. The minimum absolute atomic E-state index is 0.00922. The van der Waals surface area contributed by atoms with E-state index in [0.717, 1.165) is 0 Å². The standard InChI is InChI=1S/C9H11N3O3/c1-2-8(13)10-3-4-12-5-7(9(14)15)11-6-12/h2,5-6H,1,3-4H2,(H,10,13)(H,14,15). The summed E-state index contributed by atoms with van der Waals surface area (Å²) in [4.78, 5) is 24.9. The van der Waals surface area contributed by atoms with Gasteiger partial charge >= 0.3 is 5.97 Å². The van der Waals surface area contributed by atoms with Crippen molar-refractivity contribution in [1.29, 1.82) is 0 Å². The van der Waals surface area contributed by atoms with Crippen LogP contribution in [-0.2, 0) is 11.3 Å². The maximum absolute atomic E-state index is 10.8. The highest BCUT2D eigenvalue weighted by atomic mass is 16.4. The van der Waals surface area contributed by atoms with E-state index in [2.05, 4.69) is 16.9 Å². The van der Waals surface area contributed by atoms with Gasteiger partial charge in [0, 0.05) is 19.3 Å². The molecule has 1 aromatic heterocycles. The van der Waals surface area contributed by atoms with Crippen molar-refractivity contribution in [3.63, 3.8) is 0 Å². The van der Waals surface area contributed by atoms with Crippen LogP contribution in [0.1, 0.15) is 10.5 Å². The Hall–Kier alpha value is -2.11. The minimum Gasteiger partial charge on any atom is -0.476 e. The van der Waals surface area contributed by atoms with Crippen molar-refractivity contribution in [1.82, 2.24) is 14.9 Å². The van der Waals surface area contributed by atoms with Gasteiger partial charge in [-0.15, -0.1) is 0 Å². The molecule has 0 aliphatic heterocycles. The third-order valence-electron chi connectivity index (χ3n) is 1.71. The van der Waals surface area contributed by atoms with Crippen LogP contribution in [0.3, 0.4) is 0 Å². The first-order chi connectivity index (χ1) is 7.13. The minimum atomic E-state index is -1.07. The van der Waals surface area contributed by atoms with Gasteiger partial charge < -0.3 is 15.0 Å². The highest BCUT2D eigenvalue weighted by molar-refractivity contribution is 5.86. The van der Waals surface area contributed by atoms with Crippen LogP contribution < -0.4 is 5.32 Å². The van der Waals surface area contributed by atoms with E-state index < -0.39 is 5.97 Å². The fraction of sp³-hybridized carbons (Fsp3) is 0.222. The molecule has 2 N–H and O–H groups in total. The molecular weight excluding hydrogens is 198 g/mol. The third kappa shape index (κ3) is 3.26. The lowest BCUT2D eigenvalue weighted by Crippen LogP contribution is -2.24. The molecule has 1 aromatic rings. The molecule has 0 aliphatic rings.